The van der Waals surface area contributed by atoms with Gasteiger partial charge in [0, 0.05) is 11.8 Å². The summed E-state index contributed by atoms with van der Waals surface area (Å²) in [7, 11) is 1.60. The Morgan fingerprint density at radius 2 is 2.07 bits per heavy atom. The molecular formula is C11H18O3. The van der Waals surface area contributed by atoms with Crippen LogP contribution in [-0.2, 0) is 14.3 Å². The first-order valence-electron chi connectivity index (χ1n) is 4.85. The highest BCUT2D eigenvalue weighted by Crippen LogP contribution is 2.33. The van der Waals surface area contributed by atoms with Gasteiger partial charge in [-0.15, -0.1) is 0 Å². The van der Waals surface area contributed by atoms with E-state index in [1.165, 1.54) is 0 Å². The molecule has 0 radical (unpaired) electrons. The van der Waals surface area contributed by atoms with Crippen LogP contribution in [0.5, 0.6) is 0 Å². The van der Waals surface area contributed by atoms with Crippen molar-refractivity contribution in [3.8, 4) is 0 Å². The minimum atomic E-state index is -0.232. The van der Waals surface area contributed by atoms with Crippen LogP contribution in [0.1, 0.15) is 34.1 Å². The maximum absolute atomic E-state index is 11.5. The third-order valence-electron chi connectivity index (χ3n) is 2.21. The Morgan fingerprint density at radius 3 is 2.36 bits per heavy atom. The Hall–Kier alpha value is -0.990. The van der Waals surface area contributed by atoms with Gasteiger partial charge in [-0.05, 0) is 6.92 Å². The molecule has 0 aromatic carbocycles. The molecule has 0 amide bonds. The molecule has 14 heavy (non-hydrogen) atoms. The van der Waals surface area contributed by atoms with Crippen LogP contribution in [0.3, 0.4) is 0 Å². The Balaban J connectivity index is 3.07. The van der Waals surface area contributed by atoms with Crippen LogP contribution in [0.4, 0.5) is 0 Å². The highest BCUT2D eigenvalue weighted by Gasteiger charge is 2.33. The second-order valence-corrected chi connectivity index (χ2v) is 4.68. The molecule has 1 atom stereocenters. The van der Waals surface area contributed by atoms with Gasteiger partial charge in [0.1, 0.15) is 11.9 Å². The van der Waals surface area contributed by atoms with Gasteiger partial charge in [0.05, 0.1) is 12.7 Å². The first kappa shape index (κ1) is 11.1. The minimum absolute atomic E-state index is 0.0231. The molecule has 1 saturated heterocycles. The summed E-state index contributed by atoms with van der Waals surface area (Å²) < 4.78 is 10.4. The van der Waals surface area contributed by atoms with Crippen LogP contribution in [0, 0.1) is 5.41 Å². The van der Waals surface area contributed by atoms with E-state index in [4.69, 9.17) is 9.47 Å². The molecule has 0 aromatic rings. The van der Waals surface area contributed by atoms with E-state index in [1.807, 2.05) is 27.7 Å². The fourth-order valence-electron chi connectivity index (χ4n) is 1.73. The van der Waals surface area contributed by atoms with Gasteiger partial charge in [-0.25, -0.2) is 4.79 Å². The summed E-state index contributed by atoms with van der Waals surface area (Å²) in [4.78, 5) is 11.5. The quantitative estimate of drug-likeness (QED) is 0.368. The summed E-state index contributed by atoms with van der Waals surface area (Å²) in [5.41, 5.74) is 0.542. The summed E-state index contributed by atoms with van der Waals surface area (Å²) in [6, 6.07) is 0. The maximum Gasteiger partial charge on any atom is 0.337 e. The fourth-order valence-corrected chi connectivity index (χ4v) is 1.73. The number of ether oxygens (including phenoxy) is 2. The van der Waals surface area contributed by atoms with Crippen LogP contribution in [-0.4, -0.2) is 19.2 Å². The second-order valence-electron chi connectivity index (χ2n) is 4.68. The fraction of sp³-hybridized carbons (Fsp3) is 0.727. The highest BCUT2D eigenvalue weighted by atomic mass is 16.6. The zero-order valence-corrected chi connectivity index (χ0v) is 9.51. The Morgan fingerprint density at radius 1 is 1.50 bits per heavy atom. The first-order chi connectivity index (χ1) is 6.36. The van der Waals surface area contributed by atoms with E-state index < -0.39 is 0 Å². The van der Waals surface area contributed by atoms with Gasteiger partial charge in [-0.2, -0.15) is 0 Å². The Labute approximate surface area is 85.1 Å². The lowest BCUT2D eigenvalue weighted by molar-refractivity contribution is -0.138. The van der Waals surface area contributed by atoms with E-state index in [0.717, 1.165) is 5.76 Å². The van der Waals surface area contributed by atoms with Crippen molar-refractivity contribution in [3.63, 3.8) is 0 Å². The van der Waals surface area contributed by atoms with Crippen molar-refractivity contribution in [2.24, 2.45) is 5.41 Å². The number of cyclic esters (lactones) is 1. The standard InChI is InChI=1S/C11H18O3/c1-7-6-8(10(12)14-7)9(13-5)11(2,3)4/h7H,6H2,1-5H3/b9-8-. The minimum Gasteiger partial charge on any atom is -0.500 e. The molecule has 1 aliphatic rings. The summed E-state index contributed by atoms with van der Waals surface area (Å²) in [5.74, 6) is 0.510. The van der Waals surface area contributed by atoms with Gasteiger partial charge >= 0.3 is 5.97 Å². The van der Waals surface area contributed by atoms with Crippen LogP contribution in [0.2, 0.25) is 0 Å². The molecule has 1 unspecified atom stereocenters. The van der Waals surface area contributed by atoms with Crippen molar-refractivity contribution in [2.45, 2.75) is 40.2 Å². The topological polar surface area (TPSA) is 35.5 Å². The number of methoxy groups -OCH3 is 1. The van der Waals surface area contributed by atoms with E-state index in [1.54, 1.807) is 7.11 Å². The molecule has 1 rings (SSSR count). The number of hydrogen-bond acceptors (Lipinski definition) is 3. The van der Waals surface area contributed by atoms with E-state index in [9.17, 15) is 4.79 Å². The van der Waals surface area contributed by atoms with E-state index >= 15 is 0 Å². The van der Waals surface area contributed by atoms with Crippen molar-refractivity contribution in [1.82, 2.24) is 0 Å². The molecule has 1 fully saturated rings. The maximum atomic E-state index is 11.5. The van der Waals surface area contributed by atoms with E-state index in [2.05, 4.69) is 0 Å². The number of esters is 1. The Kier molecular flexibility index (Phi) is 2.88. The number of allylic oxidation sites excluding steroid dienone is 1. The van der Waals surface area contributed by atoms with Gasteiger partial charge in [0.15, 0.2) is 0 Å². The number of carbonyl (C=O) groups excluding carboxylic acids is 1. The Bertz CT molecular complexity index is 271. The van der Waals surface area contributed by atoms with Crippen LogP contribution in [0.15, 0.2) is 11.3 Å². The first-order valence-corrected chi connectivity index (χ1v) is 4.85. The monoisotopic (exact) mass is 198 g/mol. The predicted molar refractivity (Wildman–Crippen MR) is 53.7 cm³/mol. The SMILES string of the molecule is CO/C(=C1/CC(C)OC1=O)C(C)(C)C. The van der Waals surface area contributed by atoms with Crippen molar-refractivity contribution in [1.29, 1.82) is 0 Å². The predicted octanol–water partition coefficient (Wildman–Crippen LogP) is 2.27. The van der Waals surface area contributed by atoms with Crippen molar-refractivity contribution >= 4 is 5.97 Å². The van der Waals surface area contributed by atoms with Gasteiger partial charge in [-0.1, -0.05) is 20.8 Å². The molecule has 0 saturated carbocycles. The molecule has 0 aliphatic carbocycles. The van der Waals surface area contributed by atoms with Gasteiger partial charge in [0.2, 0.25) is 0 Å². The number of carbonyl (C=O) groups is 1. The van der Waals surface area contributed by atoms with Gasteiger partial charge in [0.25, 0.3) is 0 Å². The molecule has 0 bridgehead atoms. The lowest BCUT2D eigenvalue weighted by atomic mass is 9.89. The molecule has 0 N–H and O–H groups in total. The van der Waals surface area contributed by atoms with Crippen LogP contribution >= 0.6 is 0 Å². The van der Waals surface area contributed by atoms with Crippen molar-refractivity contribution < 1.29 is 14.3 Å². The lowest BCUT2D eigenvalue weighted by Gasteiger charge is -2.22. The van der Waals surface area contributed by atoms with E-state index in [0.29, 0.717) is 12.0 Å². The molecule has 80 valence electrons. The van der Waals surface area contributed by atoms with Gasteiger partial charge < -0.3 is 9.47 Å². The summed E-state index contributed by atoms with van der Waals surface area (Å²) in [6.45, 7) is 7.96. The highest BCUT2D eigenvalue weighted by molar-refractivity contribution is 5.91. The lowest BCUT2D eigenvalue weighted by Crippen LogP contribution is -2.15. The normalized spacial score (nSPS) is 26.1. The average molecular weight is 198 g/mol. The average Bonchev–Trinajstić information content (AvgIpc) is 2.29. The zero-order valence-electron chi connectivity index (χ0n) is 9.51. The van der Waals surface area contributed by atoms with Crippen LogP contribution < -0.4 is 0 Å². The van der Waals surface area contributed by atoms with Crippen LogP contribution in [0.25, 0.3) is 0 Å². The molecule has 3 heteroatoms. The summed E-state index contributed by atoms with van der Waals surface area (Å²) >= 11 is 0. The summed E-state index contributed by atoms with van der Waals surface area (Å²) in [5, 5.41) is 0. The molecule has 1 aliphatic heterocycles. The van der Waals surface area contributed by atoms with Crippen molar-refractivity contribution in [2.75, 3.05) is 7.11 Å². The molecular weight excluding hydrogens is 180 g/mol. The number of rotatable bonds is 1. The molecule has 1 heterocycles. The smallest absolute Gasteiger partial charge is 0.337 e. The summed E-state index contributed by atoms with van der Waals surface area (Å²) in [6.07, 6.45) is 0.629. The number of hydrogen-bond donors (Lipinski definition) is 0. The van der Waals surface area contributed by atoms with Crippen molar-refractivity contribution in [3.05, 3.63) is 11.3 Å². The third kappa shape index (κ3) is 2.08. The molecule has 0 spiro atoms. The largest absolute Gasteiger partial charge is 0.500 e. The second kappa shape index (κ2) is 3.64. The van der Waals surface area contributed by atoms with E-state index in [-0.39, 0.29) is 17.5 Å². The molecule has 0 aromatic heterocycles. The van der Waals surface area contributed by atoms with Gasteiger partial charge in [-0.3, -0.25) is 0 Å². The molecule has 3 nitrogen and oxygen atoms in total. The zero-order chi connectivity index (χ0) is 10.9. The third-order valence-corrected chi connectivity index (χ3v) is 2.21.